The summed E-state index contributed by atoms with van der Waals surface area (Å²) in [5.41, 5.74) is 0.760. The van der Waals surface area contributed by atoms with Gasteiger partial charge >= 0.3 is 0 Å². The minimum Gasteiger partial charge on any atom is -0.310 e. The van der Waals surface area contributed by atoms with E-state index in [1.807, 2.05) is 37.3 Å². The summed E-state index contributed by atoms with van der Waals surface area (Å²) >= 11 is 0. The molecular weight excluding hydrogens is 282 g/mol. The number of carbonyl (C=O) groups excluding carboxylic acids is 1. The highest BCUT2D eigenvalue weighted by atomic mass is 35.5. The van der Waals surface area contributed by atoms with Crippen molar-refractivity contribution in [2.24, 2.45) is 0 Å². The maximum absolute atomic E-state index is 12.3. The van der Waals surface area contributed by atoms with E-state index in [9.17, 15) is 4.79 Å². The van der Waals surface area contributed by atoms with Gasteiger partial charge in [-0.3, -0.25) is 4.79 Å². The van der Waals surface area contributed by atoms with Crippen molar-refractivity contribution in [2.45, 2.75) is 13.0 Å². The van der Waals surface area contributed by atoms with E-state index in [1.165, 1.54) is 10.8 Å². The summed E-state index contributed by atoms with van der Waals surface area (Å²) < 4.78 is 0. The second-order valence-corrected chi connectivity index (χ2v) is 5.10. The van der Waals surface area contributed by atoms with Gasteiger partial charge in [-0.2, -0.15) is 0 Å². The van der Waals surface area contributed by atoms with Crippen LogP contribution in [0.25, 0.3) is 21.5 Å². The van der Waals surface area contributed by atoms with E-state index in [2.05, 4.69) is 29.6 Å². The van der Waals surface area contributed by atoms with Crippen LogP contribution in [0, 0.1) is 0 Å². The average Bonchev–Trinajstić information content (AvgIpc) is 2.52. The summed E-state index contributed by atoms with van der Waals surface area (Å²) in [6.07, 6.45) is 0. The first-order valence-corrected chi connectivity index (χ1v) is 6.83. The molecule has 3 aromatic carbocycles. The highest BCUT2D eigenvalue weighted by molar-refractivity contribution is 6.11. The normalized spacial score (nSPS) is 12.1. The van der Waals surface area contributed by atoms with Gasteiger partial charge < -0.3 is 5.32 Å². The molecule has 0 aliphatic heterocycles. The summed E-state index contributed by atoms with van der Waals surface area (Å²) in [6, 6.07) is 18.3. The zero-order valence-electron chi connectivity index (χ0n) is 12.1. The molecule has 0 radical (unpaired) electrons. The SMILES string of the molecule is CNC(C)C(=O)c1ccc2ccc3ccccc3c2c1.Cl. The number of nitrogens with one attached hydrogen (secondary N) is 1. The molecule has 1 atom stereocenters. The van der Waals surface area contributed by atoms with Crippen molar-refractivity contribution in [3.8, 4) is 0 Å². The van der Waals surface area contributed by atoms with Crippen LogP contribution in [0.2, 0.25) is 0 Å². The van der Waals surface area contributed by atoms with Crippen molar-refractivity contribution in [1.82, 2.24) is 5.32 Å². The third kappa shape index (κ3) is 2.78. The molecule has 0 saturated carbocycles. The van der Waals surface area contributed by atoms with E-state index in [0.717, 1.165) is 16.3 Å². The summed E-state index contributed by atoms with van der Waals surface area (Å²) in [5, 5.41) is 7.69. The molecule has 1 unspecified atom stereocenters. The Morgan fingerprint density at radius 1 is 0.952 bits per heavy atom. The molecular formula is C18H18ClNO. The molecule has 0 amide bonds. The fraction of sp³-hybridized carbons (Fsp3) is 0.167. The van der Waals surface area contributed by atoms with Crippen molar-refractivity contribution in [3.63, 3.8) is 0 Å². The Balaban J connectivity index is 0.00000161. The van der Waals surface area contributed by atoms with Gasteiger partial charge in [-0.05, 0) is 41.6 Å². The Kier molecular flexibility index (Phi) is 4.61. The molecule has 0 fully saturated rings. The van der Waals surface area contributed by atoms with E-state index < -0.39 is 0 Å². The van der Waals surface area contributed by atoms with Crippen LogP contribution in [0.3, 0.4) is 0 Å². The predicted octanol–water partition coefficient (Wildman–Crippen LogP) is 4.21. The van der Waals surface area contributed by atoms with Gasteiger partial charge in [0.15, 0.2) is 5.78 Å². The lowest BCUT2D eigenvalue weighted by molar-refractivity contribution is 0.0955. The van der Waals surface area contributed by atoms with Crippen LogP contribution in [0.5, 0.6) is 0 Å². The quantitative estimate of drug-likeness (QED) is 0.580. The van der Waals surface area contributed by atoms with Gasteiger partial charge in [0.1, 0.15) is 0 Å². The smallest absolute Gasteiger partial charge is 0.179 e. The van der Waals surface area contributed by atoms with E-state index in [4.69, 9.17) is 0 Å². The lowest BCUT2D eigenvalue weighted by Crippen LogP contribution is -2.30. The number of ketones is 1. The molecule has 0 saturated heterocycles. The molecule has 0 spiro atoms. The molecule has 3 aromatic rings. The first kappa shape index (κ1) is 15.5. The molecule has 0 aliphatic rings. The first-order chi connectivity index (χ1) is 9.70. The third-order valence-electron chi connectivity index (χ3n) is 3.86. The Morgan fingerprint density at radius 2 is 1.57 bits per heavy atom. The number of halogens is 1. The molecule has 0 aromatic heterocycles. The van der Waals surface area contributed by atoms with Crippen molar-refractivity contribution in [2.75, 3.05) is 7.05 Å². The summed E-state index contributed by atoms with van der Waals surface area (Å²) in [4.78, 5) is 12.3. The van der Waals surface area contributed by atoms with E-state index in [0.29, 0.717) is 0 Å². The highest BCUT2D eigenvalue weighted by Gasteiger charge is 2.13. The fourth-order valence-electron chi connectivity index (χ4n) is 2.54. The van der Waals surface area contributed by atoms with Crippen LogP contribution in [0.15, 0.2) is 54.6 Å². The molecule has 3 heteroatoms. The maximum atomic E-state index is 12.3. The van der Waals surface area contributed by atoms with Gasteiger partial charge in [0.2, 0.25) is 0 Å². The van der Waals surface area contributed by atoms with Gasteiger partial charge in [0, 0.05) is 5.56 Å². The molecule has 108 valence electrons. The van der Waals surface area contributed by atoms with Crippen molar-refractivity contribution in [1.29, 1.82) is 0 Å². The predicted molar refractivity (Wildman–Crippen MR) is 91.6 cm³/mol. The molecule has 3 rings (SSSR count). The van der Waals surface area contributed by atoms with Gasteiger partial charge in [0.05, 0.1) is 6.04 Å². The maximum Gasteiger partial charge on any atom is 0.179 e. The topological polar surface area (TPSA) is 29.1 Å². The van der Waals surface area contributed by atoms with Crippen molar-refractivity contribution in [3.05, 3.63) is 60.2 Å². The molecule has 0 aliphatic carbocycles. The summed E-state index contributed by atoms with van der Waals surface area (Å²) in [6.45, 7) is 1.88. The minimum atomic E-state index is -0.164. The number of Topliss-reactive ketones (excluding diaryl/α,β-unsaturated/α-hetero) is 1. The molecule has 21 heavy (non-hydrogen) atoms. The van der Waals surface area contributed by atoms with Crippen LogP contribution in [0.4, 0.5) is 0 Å². The Labute approximate surface area is 130 Å². The summed E-state index contributed by atoms with van der Waals surface area (Å²) in [7, 11) is 1.80. The lowest BCUT2D eigenvalue weighted by Gasteiger charge is -2.10. The van der Waals surface area contributed by atoms with Gasteiger partial charge in [-0.25, -0.2) is 0 Å². The lowest BCUT2D eigenvalue weighted by atomic mass is 9.97. The van der Waals surface area contributed by atoms with Gasteiger partial charge in [-0.1, -0.05) is 48.5 Å². The van der Waals surface area contributed by atoms with Gasteiger partial charge in [-0.15, -0.1) is 12.4 Å². The number of rotatable bonds is 3. The van der Waals surface area contributed by atoms with Gasteiger partial charge in [0.25, 0.3) is 0 Å². The second-order valence-electron chi connectivity index (χ2n) is 5.10. The number of fused-ring (bicyclic) bond motifs is 3. The number of carbonyl (C=O) groups is 1. The monoisotopic (exact) mass is 299 g/mol. The molecule has 1 N–H and O–H groups in total. The van der Waals surface area contributed by atoms with E-state index in [1.54, 1.807) is 7.05 Å². The largest absolute Gasteiger partial charge is 0.310 e. The average molecular weight is 300 g/mol. The van der Waals surface area contributed by atoms with Crippen LogP contribution < -0.4 is 5.32 Å². The van der Waals surface area contributed by atoms with Crippen LogP contribution >= 0.6 is 12.4 Å². The number of benzene rings is 3. The van der Waals surface area contributed by atoms with Crippen LogP contribution in [-0.4, -0.2) is 18.9 Å². The number of likely N-dealkylation sites (N-methyl/N-ethyl adjacent to an activating group) is 1. The fourth-order valence-corrected chi connectivity index (χ4v) is 2.54. The molecule has 0 bridgehead atoms. The zero-order valence-corrected chi connectivity index (χ0v) is 12.9. The van der Waals surface area contributed by atoms with Crippen molar-refractivity contribution < 1.29 is 4.79 Å². The van der Waals surface area contributed by atoms with Crippen LogP contribution in [0.1, 0.15) is 17.3 Å². The third-order valence-corrected chi connectivity index (χ3v) is 3.86. The second kappa shape index (κ2) is 6.25. The summed E-state index contributed by atoms with van der Waals surface area (Å²) in [5.74, 6) is 0.127. The molecule has 2 nitrogen and oxygen atoms in total. The minimum absolute atomic E-state index is 0. The Morgan fingerprint density at radius 3 is 2.29 bits per heavy atom. The zero-order chi connectivity index (χ0) is 14.1. The van der Waals surface area contributed by atoms with E-state index in [-0.39, 0.29) is 24.2 Å². The number of hydrogen-bond acceptors (Lipinski definition) is 2. The Bertz CT molecular complexity index is 797. The highest BCUT2D eigenvalue weighted by Crippen LogP contribution is 2.26. The number of hydrogen-bond donors (Lipinski definition) is 1. The first-order valence-electron chi connectivity index (χ1n) is 6.83. The molecule has 0 heterocycles. The Hall–Kier alpha value is -1.90. The van der Waals surface area contributed by atoms with E-state index >= 15 is 0 Å². The standard InChI is InChI=1S/C18H17NO.ClH/c1-12(19-2)18(20)15-10-9-14-8-7-13-5-3-4-6-16(13)17(14)11-15;/h3-12,19H,1-2H3;1H. The van der Waals surface area contributed by atoms with Crippen molar-refractivity contribution >= 4 is 39.7 Å². The van der Waals surface area contributed by atoms with Crippen LogP contribution in [-0.2, 0) is 0 Å².